The van der Waals surface area contributed by atoms with E-state index in [0.717, 1.165) is 38.5 Å². The number of esters is 1. The molecule has 0 bridgehead atoms. The molecule has 1 heterocycles. The Balaban J connectivity index is 1.28. The molecule has 3 unspecified atom stereocenters. The molecule has 6 heteroatoms. The second kappa shape index (κ2) is 8.76. The lowest BCUT2D eigenvalue weighted by Crippen LogP contribution is -2.64. The van der Waals surface area contributed by atoms with Crippen LogP contribution < -0.4 is 5.73 Å². The molecule has 0 amide bonds. The van der Waals surface area contributed by atoms with Gasteiger partial charge in [-0.15, -0.1) is 0 Å². The van der Waals surface area contributed by atoms with E-state index in [1.54, 1.807) is 0 Å². The summed E-state index contributed by atoms with van der Waals surface area (Å²) in [6, 6.07) is 0. The number of aliphatic hydroxyl groups is 1. The quantitative estimate of drug-likeness (QED) is 0.485. The molecule has 0 aromatic heterocycles. The highest BCUT2D eigenvalue weighted by molar-refractivity contribution is 5.73. The molecule has 1 saturated heterocycles. The van der Waals surface area contributed by atoms with Crippen LogP contribution in [-0.4, -0.2) is 48.3 Å². The number of hydrogen-bond donors (Lipinski definition) is 2. The van der Waals surface area contributed by atoms with Gasteiger partial charge in [-0.3, -0.25) is 4.79 Å². The molecule has 1 aliphatic heterocycles. The van der Waals surface area contributed by atoms with Crippen LogP contribution in [-0.2, 0) is 19.0 Å². The number of aliphatic hydroxyl groups excluding tert-OH is 1. The van der Waals surface area contributed by atoms with Gasteiger partial charge in [0, 0.05) is 12.0 Å². The van der Waals surface area contributed by atoms with Gasteiger partial charge in [-0.1, -0.05) is 13.8 Å². The fourth-order valence-electron chi connectivity index (χ4n) is 9.26. The third-order valence-electron chi connectivity index (χ3n) is 11.0. The third-order valence-corrected chi connectivity index (χ3v) is 11.0. The summed E-state index contributed by atoms with van der Waals surface area (Å²) in [7, 11) is 1.52. The van der Waals surface area contributed by atoms with E-state index in [0.29, 0.717) is 29.1 Å². The van der Waals surface area contributed by atoms with Crippen molar-refractivity contribution >= 4 is 5.97 Å². The number of methoxy groups -OCH3 is 1. The lowest BCUT2D eigenvalue weighted by Gasteiger charge is -2.63. The third kappa shape index (κ3) is 3.88. The molecule has 0 aromatic rings. The maximum absolute atomic E-state index is 12.5. The molecule has 4 aliphatic carbocycles. The van der Waals surface area contributed by atoms with Crippen LogP contribution in [0.25, 0.3) is 0 Å². The van der Waals surface area contributed by atoms with Crippen molar-refractivity contribution < 1.29 is 24.1 Å². The summed E-state index contributed by atoms with van der Waals surface area (Å²) in [6.07, 6.45) is 9.87. The Morgan fingerprint density at radius 2 is 1.82 bits per heavy atom. The summed E-state index contributed by atoms with van der Waals surface area (Å²) in [5, 5.41) is 9.95. The van der Waals surface area contributed by atoms with Gasteiger partial charge in [0.25, 0.3) is 0 Å². The molecule has 5 aliphatic rings. The number of carbonyl (C=O) groups is 1. The minimum Gasteiger partial charge on any atom is -0.469 e. The van der Waals surface area contributed by atoms with Gasteiger partial charge < -0.3 is 25.1 Å². The van der Waals surface area contributed by atoms with Crippen molar-refractivity contribution in [3.05, 3.63) is 0 Å². The van der Waals surface area contributed by atoms with Crippen LogP contribution in [0.5, 0.6) is 0 Å². The summed E-state index contributed by atoms with van der Waals surface area (Å²) in [6.45, 7) is 6.80. The molecule has 4 saturated carbocycles. The van der Waals surface area contributed by atoms with Crippen molar-refractivity contribution in [2.75, 3.05) is 7.11 Å². The van der Waals surface area contributed by atoms with Gasteiger partial charge in [0.2, 0.25) is 0 Å². The van der Waals surface area contributed by atoms with E-state index >= 15 is 0 Å². The summed E-state index contributed by atoms with van der Waals surface area (Å²) in [5.41, 5.74) is 7.35. The predicted octanol–water partition coefficient (Wildman–Crippen LogP) is 4.03. The van der Waals surface area contributed by atoms with Gasteiger partial charge in [-0.25, -0.2) is 0 Å². The second-order valence-corrected chi connectivity index (χ2v) is 12.5. The Hall–Kier alpha value is -0.690. The average molecular weight is 464 g/mol. The molecular weight excluding hydrogens is 418 g/mol. The van der Waals surface area contributed by atoms with Gasteiger partial charge in [0.1, 0.15) is 0 Å². The Kier molecular flexibility index (Phi) is 6.38. The first-order chi connectivity index (χ1) is 15.7. The molecule has 12 atom stereocenters. The van der Waals surface area contributed by atoms with E-state index in [-0.39, 0.29) is 47.9 Å². The molecule has 0 spiro atoms. The number of ether oxygens (including phenoxy) is 3. The Labute approximate surface area is 199 Å². The Morgan fingerprint density at radius 3 is 2.55 bits per heavy atom. The smallest absolute Gasteiger partial charge is 0.309 e. The summed E-state index contributed by atoms with van der Waals surface area (Å²) < 4.78 is 17.5. The minimum atomic E-state index is -0.371. The summed E-state index contributed by atoms with van der Waals surface area (Å²) in [4.78, 5) is 12.5. The van der Waals surface area contributed by atoms with Crippen LogP contribution in [0.1, 0.15) is 85.0 Å². The highest BCUT2D eigenvalue weighted by atomic mass is 16.7. The van der Waals surface area contributed by atoms with E-state index in [9.17, 15) is 9.90 Å². The zero-order valence-electron chi connectivity index (χ0n) is 21.0. The zero-order chi connectivity index (χ0) is 23.5. The van der Waals surface area contributed by atoms with Crippen LogP contribution in [0.15, 0.2) is 0 Å². The normalized spacial score (nSPS) is 54.1. The molecule has 0 radical (unpaired) electrons. The first-order valence-corrected chi connectivity index (χ1v) is 13.5. The van der Waals surface area contributed by atoms with Crippen molar-refractivity contribution in [1.82, 2.24) is 0 Å². The highest BCUT2D eigenvalue weighted by Gasteiger charge is 2.64. The number of rotatable bonds is 3. The molecule has 5 fully saturated rings. The maximum atomic E-state index is 12.5. The van der Waals surface area contributed by atoms with E-state index in [1.807, 2.05) is 6.92 Å². The van der Waals surface area contributed by atoms with Gasteiger partial charge in [-0.2, -0.15) is 0 Å². The second-order valence-electron chi connectivity index (χ2n) is 12.5. The maximum Gasteiger partial charge on any atom is 0.309 e. The fraction of sp³-hybridized carbons (Fsp3) is 0.963. The van der Waals surface area contributed by atoms with Crippen molar-refractivity contribution in [1.29, 1.82) is 0 Å². The molecular formula is C27H45NO5. The lowest BCUT2D eigenvalue weighted by atomic mass is 9.44. The number of hydrogen-bond acceptors (Lipinski definition) is 6. The topological polar surface area (TPSA) is 91.0 Å². The minimum absolute atomic E-state index is 0.0259. The van der Waals surface area contributed by atoms with Crippen molar-refractivity contribution in [2.24, 2.45) is 46.7 Å². The first-order valence-electron chi connectivity index (χ1n) is 13.5. The van der Waals surface area contributed by atoms with Gasteiger partial charge in [0.15, 0.2) is 6.29 Å². The lowest BCUT2D eigenvalue weighted by molar-refractivity contribution is -0.247. The molecule has 33 heavy (non-hydrogen) atoms. The molecule has 0 aromatic carbocycles. The standard InChI is InChI=1S/C27H45NO5/c1-15-13-21-20(27(28)12-10-19(24(15)27)25(30)31-4)6-5-17-14-18(9-11-26(17,21)3)33-23-8-7-22(29)16(2)32-23/h15-24,29H,5-14,28H2,1-4H3/t15?,16-,17-,18+,19-,20-,21+,22-,23?,24?,26+,27+/m1/s1. The van der Waals surface area contributed by atoms with Crippen molar-refractivity contribution in [2.45, 2.75) is 115 Å². The van der Waals surface area contributed by atoms with Crippen LogP contribution in [0.2, 0.25) is 0 Å². The number of nitrogens with two attached hydrogens (primary N) is 1. The van der Waals surface area contributed by atoms with Gasteiger partial charge in [-0.05, 0) is 99.7 Å². The molecule has 188 valence electrons. The van der Waals surface area contributed by atoms with E-state index in [4.69, 9.17) is 19.9 Å². The van der Waals surface area contributed by atoms with Gasteiger partial charge in [0.05, 0.1) is 31.3 Å². The first kappa shape index (κ1) is 24.0. The van der Waals surface area contributed by atoms with Crippen LogP contribution in [0.4, 0.5) is 0 Å². The SMILES string of the molecule is COC(=O)[C@@H]1CC[C@@]2(N)C1C(C)C[C@H]1[C@H]2CC[C@@H]2C[C@@H](OC3CC[C@@H](O)[C@@H](C)O3)CC[C@@]21C. The van der Waals surface area contributed by atoms with Crippen molar-refractivity contribution in [3.8, 4) is 0 Å². The summed E-state index contributed by atoms with van der Waals surface area (Å²) in [5.74, 6) is 2.43. The van der Waals surface area contributed by atoms with Crippen LogP contribution in [0, 0.1) is 40.9 Å². The molecule has 3 N–H and O–H groups in total. The van der Waals surface area contributed by atoms with Crippen LogP contribution in [0.3, 0.4) is 0 Å². The Bertz CT molecular complexity index is 746. The summed E-state index contributed by atoms with van der Waals surface area (Å²) >= 11 is 0. The van der Waals surface area contributed by atoms with E-state index in [1.165, 1.54) is 32.8 Å². The zero-order valence-corrected chi connectivity index (χ0v) is 21.0. The monoisotopic (exact) mass is 463 g/mol. The van der Waals surface area contributed by atoms with Gasteiger partial charge >= 0.3 is 5.97 Å². The average Bonchev–Trinajstić information content (AvgIpc) is 3.15. The molecule has 5 rings (SSSR count). The largest absolute Gasteiger partial charge is 0.469 e. The Morgan fingerprint density at radius 1 is 1.03 bits per heavy atom. The highest BCUT2D eigenvalue weighted by Crippen LogP contribution is 2.65. The van der Waals surface area contributed by atoms with Crippen molar-refractivity contribution in [3.63, 3.8) is 0 Å². The van der Waals surface area contributed by atoms with E-state index in [2.05, 4.69) is 13.8 Å². The number of fused-ring (bicyclic) bond motifs is 5. The van der Waals surface area contributed by atoms with Crippen LogP contribution >= 0.6 is 0 Å². The molecule has 6 nitrogen and oxygen atoms in total. The fourth-order valence-corrected chi connectivity index (χ4v) is 9.26. The van der Waals surface area contributed by atoms with E-state index < -0.39 is 0 Å². The predicted molar refractivity (Wildman–Crippen MR) is 125 cm³/mol. The number of carbonyl (C=O) groups excluding carboxylic acids is 1.